The highest BCUT2D eigenvalue weighted by atomic mass is 16.5. The van der Waals surface area contributed by atoms with Crippen molar-refractivity contribution in [3.8, 4) is 17.1 Å². The molecule has 2 aromatic rings. The summed E-state index contributed by atoms with van der Waals surface area (Å²) in [5.74, 6) is 3.35. The highest BCUT2D eigenvalue weighted by Crippen LogP contribution is 2.53. The minimum Gasteiger partial charge on any atom is -0.497 e. The molecule has 3 aliphatic carbocycles. The predicted molar refractivity (Wildman–Crippen MR) is 133 cm³/mol. The zero-order chi connectivity index (χ0) is 23.1. The van der Waals surface area contributed by atoms with E-state index in [1.165, 1.54) is 57.8 Å². The molecule has 6 nitrogen and oxygen atoms in total. The Balaban J connectivity index is 1.48. The lowest BCUT2D eigenvalue weighted by atomic mass is 9.64. The van der Waals surface area contributed by atoms with Crippen LogP contribution in [0.1, 0.15) is 89.9 Å². The van der Waals surface area contributed by atoms with Gasteiger partial charge in [-0.15, -0.1) is 5.10 Å². The second kappa shape index (κ2) is 9.01. The fraction of sp³-hybridized carbons (Fsp3) is 0.679. The van der Waals surface area contributed by atoms with E-state index in [0.717, 1.165) is 55.2 Å². The van der Waals surface area contributed by atoms with Crippen molar-refractivity contribution in [2.24, 2.45) is 11.8 Å². The summed E-state index contributed by atoms with van der Waals surface area (Å²) in [5.41, 5.74) is 1.00. The van der Waals surface area contributed by atoms with Crippen LogP contribution < -0.4 is 9.64 Å². The van der Waals surface area contributed by atoms with E-state index in [4.69, 9.17) is 14.8 Å². The van der Waals surface area contributed by atoms with Gasteiger partial charge < -0.3 is 4.74 Å². The van der Waals surface area contributed by atoms with E-state index in [0.29, 0.717) is 11.8 Å². The van der Waals surface area contributed by atoms with Crippen molar-refractivity contribution in [3.05, 3.63) is 24.3 Å². The topological polar surface area (TPSA) is 60.2 Å². The van der Waals surface area contributed by atoms with Crippen molar-refractivity contribution < 1.29 is 9.53 Å². The van der Waals surface area contributed by atoms with Crippen LogP contribution in [0.3, 0.4) is 0 Å². The summed E-state index contributed by atoms with van der Waals surface area (Å²) in [4.78, 5) is 21.4. The first-order valence-corrected chi connectivity index (χ1v) is 13.7. The van der Waals surface area contributed by atoms with Crippen LogP contribution in [0.2, 0.25) is 0 Å². The van der Waals surface area contributed by atoms with Crippen molar-refractivity contribution in [2.75, 3.05) is 12.0 Å². The third-order valence-electron chi connectivity index (χ3n) is 9.24. The lowest BCUT2D eigenvalue weighted by molar-refractivity contribution is -0.125. The number of hydrogen-bond donors (Lipinski definition) is 0. The predicted octanol–water partition coefficient (Wildman–Crippen LogP) is 6.10. The number of carbonyl (C=O) groups excluding carboxylic acids is 1. The Bertz CT molecular complexity index is 1020. The van der Waals surface area contributed by atoms with Gasteiger partial charge in [-0.2, -0.15) is 4.98 Å². The number of hydrogen-bond acceptors (Lipinski definition) is 4. The molecule has 6 rings (SSSR count). The van der Waals surface area contributed by atoms with Crippen LogP contribution in [0.15, 0.2) is 24.3 Å². The Morgan fingerprint density at radius 3 is 2.32 bits per heavy atom. The molecule has 0 saturated heterocycles. The molecule has 182 valence electrons. The molecule has 4 aliphatic rings. The lowest BCUT2D eigenvalue weighted by Gasteiger charge is -2.55. The van der Waals surface area contributed by atoms with Crippen LogP contribution in [-0.4, -0.2) is 33.8 Å². The summed E-state index contributed by atoms with van der Waals surface area (Å²) in [6.45, 7) is 0. The van der Waals surface area contributed by atoms with E-state index in [-0.39, 0.29) is 17.5 Å². The minimum absolute atomic E-state index is 0.0136. The summed E-state index contributed by atoms with van der Waals surface area (Å²) < 4.78 is 7.61. The summed E-state index contributed by atoms with van der Waals surface area (Å²) in [5, 5.41) is 5.19. The van der Waals surface area contributed by atoms with E-state index in [9.17, 15) is 4.79 Å². The van der Waals surface area contributed by atoms with Gasteiger partial charge in [0.1, 0.15) is 5.75 Å². The minimum atomic E-state index is 0.0136. The van der Waals surface area contributed by atoms with Crippen LogP contribution in [-0.2, 0) is 10.3 Å². The second-order valence-corrected chi connectivity index (χ2v) is 11.0. The van der Waals surface area contributed by atoms with Crippen LogP contribution in [0.4, 0.5) is 5.95 Å². The SMILES string of the molecule is COc1ccc(-c2nc3n(n2)C2(CCCCC2)[C@@H]2CCCC[C@@H]2N3C(=O)C2CCCCC2)cc1. The highest BCUT2D eigenvalue weighted by Gasteiger charge is 2.55. The average Bonchev–Trinajstić information content (AvgIpc) is 3.36. The van der Waals surface area contributed by atoms with E-state index in [1.807, 2.05) is 24.3 Å². The average molecular weight is 463 g/mol. The first-order valence-electron chi connectivity index (χ1n) is 13.7. The summed E-state index contributed by atoms with van der Waals surface area (Å²) in [7, 11) is 1.69. The number of nitrogens with zero attached hydrogens (tertiary/aromatic N) is 4. The molecule has 6 heteroatoms. The molecule has 0 unspecified atom stereocenters. The smallest absolute Gasteiger partial charge is 0.232 e. The first kappa shape index (κ1) is 22.1. The zero-order valence-electron chi connectivity index (χ0n) is 20.5. The number of aromatic nitrogens is 3. The number of methoxy groups -OCH3 is 1. The van der Waals surface area contributed by atoms with Gasteiger partial charge in [-0.25, -0.2) is 4.68 Å². The van der Waals surface area contributed by atoms with Gasteiger partial charge in [0.15, 0.2) is 5.82 Å². The first-order chi connectivity index (χ1) is 16.7. The molecule has 2 heterocycles. The molecule has 1 amide bonds. The molecule has 1 aromatic heterocycles. The third kappa shape index (κ3) is 3.56. The largest absolute Gasteiger partial charge is 0.497 e. The van der Waals surface area contributed by atoms with Crippen LogP contribution in [0.25, 0.3) is 11.4 Å². The molecule has 34 heavy (non-hydrogen) atoms. The van der Waals surface area contributed by atoms with E-state index in [1.54, 1.807) is 7.11 Å². The van der Waals surface area contributed by atoms with Crippen LogP contribution >= 0.6 is 0 Å². The highest BCUT2D eigenvalue weighted by molar-refractivity contribution is 5.95. The summed E-state index contributed by atoms with van der Waals surface area (Å²) >= 11 is 0. The van der Waals surface area contributed by atoms with Crippen LogP contribution in [0.5, 0.6) is 5.75 Å². The molecule has 0 N–H and O–H groups in total. The molecular formula is C28H38N4O2. The van der Waals surface area contributed by atoms with Gasteiger partial charge in [0, 0.05) is 23.4 Å². The maximum absolute atomic E-state index is 14.1. The van der Waals surface area contributed by atoms with Gasteiger partial charge in [0.25, 0.3) is 0 Å². The molecule has 0 bridgehead atoms. The fourth-order valence-electron chi connectivity index (χ4n) is 7.53. The number of carbonyl (C=O) groups is 1. The van der Waals surface area contributed by atoms with Crippen molar-refractivity contribution in [2.45, 2.75) is 101 Å². The molecule has 1 aliphatic heterocycles. The number of fused-ring (bicyclic) bond motifs is 4. The van der Waals surface area contributed by atoms with Gasteiger partial charge in [0.05, 0.1) is 12.6 Å². The molecule has 3 saturated carbocycles. The number of anilines is 1. The molecule has 3 fully saturated rings. The molecule has 1 spiro atoms. The van der Waals surface area contributed by atoms with Gasteiger partial charge in [-0.3, -0.25) is 9.69 Å². The fourth-order valence-corrected chi connectivity index (χ4v) is 7.53. The standard InChI is InChI=1S/C28H38N4O2/c1-34-22-16-14-20(15-17-22)25-29-27-31(26(33)21-10-4-2-5-11-21)24-13-7-6-12-23(24)28(32(27)30-25)18-8-3-9-19-28/h14-17,21,23-24H,2-13,18-19H2,1H3/t23-,24+/m1/s1. The van der Waals surface area contributed by atoms with E-state index >= 15 is 0 Å². The summed E-state index contributed by atoms with van der Waals surface area (Å²) in [6, 6.07) is 8.29. The zero-order valence-corrected chi connectivity index (χ0v) is 20.5. The van der Waals surface area contributed by atoms with E-state index in [2.05, 4.69) is 9.58 Å². The summed E-state index contributed by atoms with van der Waals surface area (Å²) in [6.07, 6.45) is 16.6. The van der Waals surface area contributed by atoms with Crippen LogP contribution in [0, 0.1) is 11.8 Å². The Morgan fingerprint density at radius 1 is 0.912 bits per heavy atom. The maximum atomic E-state index is 14.1. The van der Waals surface area contributed by atoms with Crippen molar-refractivity contribution in [3.63, 3.8) is 0 Å². The Labute approximate surface area is 203 Å². The lowest BCUT2D eigenvalue weighted by Crippen LogP contribution is -2.62. The second-order valence-electron chi connectivity index (χ2n) is 11.0. The van der Waals surface area contributed by atoms with Gasteiger partial charge in [0.2, 0.25) is 11.9 Å². The van der Waals surface area contributed by atoms with Crippen molar-refractivity contribution in [1.29, 1.82) is 0 Å². The van der Waals surface area contributed by atoms with E-state index < -0.39 is 0 Å². The van der Waals surface area contributed by atoms with Crippen molar-refractivity contribution in [1.82, 2.24) is 14.8 Å². The Kier molecular flexibility index (Phi) is 5.86. The van der Waals surface area contributed by atoms with Gasteiger partial charge in [-0.1, -0.05) is 51.4 Å². The molecular weight excluding hydrogens is 424 g/mol. The van der Waals surface area contributed by atoms with Crippen molar-refractivity contribution >= 4 is 11.9 Å². The number of amides is 1. The Hall–Kier alpha value is -2.37. The third-order valence-corrected chi connectivity index (χ3v) is 9.24. The number of benzene rings is 1. The molecule has 1 aromatic carbocycles. The van der Waals surface area contributed by atoms with Gasteiger partial charge in [-0.05, 0) is 62.8 Å². The van der Waals surface area contributed by atoms with Gasteiger partial charge >= 0.3 is 0 Å². The normalized spacial score (nSPS) is 26.7. The quantitative estimate of drug-likeness (QED) is 0.553. The number of rotatable bonds is 3. The molecule has 2 atom stereocenters. The maximum Gasteiger partial charge on any atom is 0.232 e. The number of ether oxygens (including phenoxy) is 1. The monoisotopic (exact) mass is 462 g/mol. The Morgan fingerprint density at radius 2 is 1.59 bits per heavy atom. The molecule has 0 radical (unpaired) electrons.